The van der Waals surface area contributed by atoms with E-state index in [1.807, 2.05) is 0 Å². The van der Waals surface area contributed by atoms with Crippen molar-refractivity contribution < 1.29 is 13.6 Å². The summed E-state index contributed by atoms with van der Waals surface area (Å²) in [4.78, 5) is 0. The second-order valence-electron chi connectivity index (χ2n) is 2.67. The highest BCUT2D eigenvalue weighted by Gasteiger charge is 2.12. The molecule has 1 fully saturated rings. The number of halogens is 1. The molecule has 1 aliphatic rings. The maximum Gasteiger partial charge on any atom is 0.157 e. The van der Waals surface area contributed by atoms with Gasteiger partial charge in [-0.2, -0.15) is 0 Å². The molecule has 0 radical (unpaired) electrons. The summed E-state index contributed by atoms with van der Waals surface area (Å²) >= 11 is 3.25. The molecule has 2 atom stereocenters. The Morgan fingerprint density at radius 2 is 2.50 bits per heavy atom. The van der Waals surface area contributed by atoms with Crippen molar-refractivity contribution in [3.8, 4) is 0 Å². The molecule has 3 heteroatoms. The lowest BCUT2D eigenvalue weighted by molar-refractivity contribution is -0.162. The van der Waals surface area contributed by atoms with Crippen LogP contribution in [0.3, 0.4) is 0 Å². The van der Waals surface area contributed by atoms with Crippen LogP contribution < -0.4 is 0 Å². The van der Waals surface area contributed by atoms with Crippen molar-refractivity contribution in [2.75, 3.05) is 18.5 Å². The van der Waals surface area contributed by atoms with E-state index in [0.717, 1.165) is 18.2 Å². The molecule has 72 valence electrons. The van der Waals surface area contributed by atoms with Crippen molar-refractivity contribution in [1.29, 1.82) is 0 Å². The van der Waals surface area contributed by atoms with Gasteiger partial charge in [-0.25, -0.2) is 0 Å². The Balaban J connectivity index is 2.37. The highest BCUT2D eigenvalue weighted by Crippen LogP contribution is 2.13. The van der Waals surface area contributed by atoms with E-state index in [1.54, 1.807) is 0 Å². The summed E-state index contributed by atoms with van der Waals surface area (Å²) in [5.41, 5.74) is 0. The average Bonchev–Trinajstić information content (AvgIpc) is 2.18. The first kappa shape index (κ1) is 6.80. The van der Waals surface area contributed by atoms with E-state index < -0.39 is 19.2 Å². The molecule has 0 saturated carbocycles. The van der Waals surface area contributed by atoms with Crippen molar-refractivity contribution in [3.05, 3.63) is 0 Å². The topological polar surface area (TPSA) is 18.5 Å². The maximum absolute atomic E-state index is 7.66. The van der Waals surface area contributed by atoms with Gasteiger partial charge in [0.2, 0.25) is 0 Å². The van der Waals surface area contributed by atoms with E-state index in [0.29, 0.717) is 19.4 Å². The molecule has 0 amide bonds. The first-order valence-electron chi connectivity index (χ1n) is 5.90. The third-order valence-corrected chi connectivity index (χ3v) is 2.16. The smallest absolute Gasteiger partial charge is 0.157 e. The quantitative estimate of drug-likeness (QED) is 0.688. The van der Waals surface area contributed by atoms with E-state index >= 15 is 0 Å². The van der Waals surface area contributed by atoms with E-state index in [2.05, 4.69) is 15.9 Å². The normalized spacial score (nSPS) is 35.2. The Bertz CT molecular complexity index is 192. The predicted octanol–water partition coefficient (Wildman–Crippen LogP) is 2.70. The minimum Gasteiger partial charge on any atom is -0.353 e. The SMILES string of the molecule is [2H]C1CCCOC1OC([2H])([2H])CCCBr. The Morgan fingerprint density at radius 3 is 3.25 bits per heavy atom. The second kappa shape index (κ2) is 6.87. The van der Waals surface area contributed by atoms with Crippen molar-refractivity contribution in [2.24, 2.45) is 0 Å². The summed E-state index contributed by atoms with van der Waals surface area (Å²) in [6, 6.07) is 0. The zero-order valence-corrected chi connectivity index (χ0v) is 8.68. The fourth-order valence-electron chi connectivity index (χ4n) is 0.967. The Labute approximate surface area is 87.0 Å². The van der Waals surface area contributed by atoms with E-state index in [4.69, 9.17) is 13.6 Å². The minimum atomic E-state index is -1.69. The van der Waals surface area contributed by atoms with Crippen LogP contribution in [-0.4, -0.2) is 24.8 Å². The van der Waals surface area contributed by atoms with Crippen LogP contribution in [0.4, 0.5) is 0 Å². The molecule has 1 heterocycles. The lowest BCUT2D eigenvalue weighted by atomic mass is 10.2. The van der Waals surface area contributed by atoms with Crippen LogP contribution in [0.1, 0.15) is 36.2 Å². The lowest BCUT2D eigenvalue weighted by Gasteiger charge is -2.22. The number of ether oxygens (including phenoxy) is 2. The molecule has 0 aromatic carbocycles. The molecule has 0 aliphatic carbocycles. The van der Waals surface area contributed by atoms with Crippen LogP contribution in [0.2, 0.25) is 0 Å². The highest BCUT2D eigenvalue weighted by atomic mass is 79.9. The number of hydrogen-bond donors (Lipinski definition) is 0. The van der Waals surface area contributed by atoms with Gasteiger partial charge in [-0.3, -0.25) is 0 Å². The monoisotopic (exact) mass is 239 g/mol. The summed E-state index contributed by atoms with van der Waals surface area (Å²) in [5.74, 6) is 0. The molecule has 0 aromatic heterocycles. The largest absolute Gasteiger partial charge is 0.353 e. The molecule has 0 aromatic rings. The molecule has 0 bridgehead atoms. The van der Waals surface area contributed by atoms with Gasteiger partial charge in [-0.1, -0.05) is 15.9 Å². The summed E-state index contributed by atoms with van der Waals surface area (Å²) < 4.78 is 33.3. The van der Waals surface area contributed by atoms with Gasteiger partial charge in [-0.05, 0) is 32.1 Å². The number of hydrogen-bond acceptors (Lipinski definition) is 2. The summed E-state index contributed by atoms with van der Waals surface area (Å²) in [6.07, 6.45) is 1.45. The predicted molar refractivity (Wildman–Crippen MR) is 52.6 cm³/mol. The van der Waals surface area contributed by atoms with Crippen LogP contribution in [0.5, 0.6) is 0 Å². The van der Waals surface area contributed by atoms with Crippen LogP contribution in [0.15, 0.2) is 0 Å². The van der Waals surface area contributed by atoms with E-state index in [-0.39, 0.29) is 0 Å². The Kier molecular flexibility index (Phi) is 3.89. The van der Waals surface area contributed by atoms with Crippen molar-refractivity contribution >= 4 is 15.9 Å². The molecule has 0 N–H and O–H groups in total. The zero-order valence-electron chi connectivity index (χ0n) is 10.1. The molecule has 2 unspecified atom stereocenters. The summed E-state index contributed by atoms with van der Waals surface area (Å²) in [7, 11) is 0. The molecule has 12 heavy (non-hydrogen) atoms. The second-order valence-corrected chi connectivity index (χ2v) is 3.46. The first-order valence-corrected chi connectivity index (χ1v) is 5.45. The zero-order chi connectivity index (χ0) is 11.3. The first-order chi connectivity index (χ1) is 7.05. The molecular weight excluding hydrogens is 220 g/mol. The van der Waals surface area contributed by atoms with E-state index in [1.165, 1.54) is 0 Å². The van der Waals surface area contributed by atoms with Crippen molar-refractivity contribution in [2.45, 2.75) is 38.4 Å². The fourth-order valence-corrected chi connectivity index (χ4v) is 1.25. The van der Waals surface area contributed by atoms with Crippen LogP contribution in [0.25, 0.3) is 0 Å². The van der Waals surface area contributed by atoms with Gasteiger partial charge in [0.1, 0.15) is 0 Å². The number of rotatable bonds is 5. The molecular formula is C9H17BrO2. The maximum atomic E-state index is 7.66. The molecule has 1 aliphatic heterocycles. The molecule has 2 nitrogen and oxygen atoms in total. The van der Waals surface area contributed by atoms with Gasteiger partial charge >= 0.3 is 0 Å². The van der Waals surface area contributed by atoms with E-state index in [9.17, 15) is 0 Å². The van der Waals surface area contributed by atoms with Gasteiger partial charge in [0.05, 0.1) is 2.74 Å². The average molecular weight is 240 g/mol. The third-order valence-electron chi connectivity index (χ3n) is 1.60. The van der Waals surface area contributed by atoms with Gasteiger partial charge in [0.25, 0.3) is 0 Å². The minimum absolute atomic E-state index is 0.324. The van der Waals surface area contributed by atoms with Gasteiger partial charge in [0, 0.05) is 19.9 Å². The van der Waals surface area contributed by atoms with Crippen LogP contribution in [-0.2, 0) is 9.47 Å². The van der Waals surface area contributed by atoms with Crippen LogP contribution >= 0.6 is 15.9 Å². The fraction of sp³-hybridized carbons (Fsp3) is 1.00. The lowest BCUT2D eigenvalue weighted by Crippen LogP contribution is -2.22. The third kappa shape index (κ3) is 4.43. The summed E-state index contributed by atoms with van der Waals surface area (Å²) in [5, 5.41) is 0.756. The molecule has 1 saturated heterocycles. The van der Waals surface area contributed by atoms with Crippen molar-refractivity contribution in [3.63, 3.8) is 0 Å². The van der Waals surface area contributed by atoms with Crippen molar-refractivity contribution in [1.82, 2.24) is 0 Å². The summed E-state index contributed by atoms with van der Waals surface area (Å²) in [6.45, 7) is -1.12. The molecule has 1 rings (SSSR count). The van der Waals surface area contributed by atoms with Gasteiger partial charge in [0.15, 0.2) is 6.29 Å². The van der Waals surface area contributed by atoms with Gasteiger partial charge in [-0.15, -0.1) is 0 Å². The Morgan fingerprint density at radius 1 is 1.58 bits per heavy atom. The van der Waals surface area contributed by atoms with Gasteiger partial charge < -0.3 is 9.47 Å². The van der Waals surface area contributed by atoms with Crippen LogP contribution in [0, 0.1) is 0 Å². The highest BCUT2D eigenvalue weighted by molar-refractivity contribution is 9.09. The standard InChI is InChI=1S/C9H17BrO2/c10-6-2-4-8-12-9-5-1-3-7-11-9/h9H,1-8H2/i5D,8D2. The number of alkyl halides is 1. The Hall–Kier alpha value is 0.400. The molecule has 0 spiro atoms.